The molecule has 1 amide bonds. The van der Waals surface area contributed by atoms with Crippen molar-refractivity contribution in [3.8, 4) is 0 Å². The van der Waals surface area contributed by atoms with E-state index >= 15 is 0 Å². The van der Waals surface area contributed by atoms with Gasteiger partial charge in [-0.3, -0.25) is 4.79 Å². The van der Waals surface area contributed by atoms with Gasteiger partial charge in [-0.25, -0.2) is 0 Å². The second kappa shape index (κ2) is 7.83. The van der Waals surface area contributed by atoms with Crippen molar-refractivity contribution in [2.24, 2.45) is 5.41 Å². The molecule has 0 bridgehead atoms. The van der Waals surface area contributed by atoms with Gasteiger partial charge in [0.25, 0.3) is 0 Å². The number of carbonyl (C=O) groups excluding carboxylic acids is 1. The van der Waals surface area contributed by atoms with Gasteiger partial charge < -0.3 is 14.8 Å². The van der Waals surface area contributed by atoms with Crippen LogP contribution in [-0.4, -0.2) is 19.1 Å². The zero-order chi connectivity index (χ0) is 19.5. The highest BCUT2D eigenvalue weighted by molar-refractivity contribution is 5.82. The zero-order valence-corrected chi connectivity index (χ0v) is 16.6. The fraction of sp³-hybridized carbons (Fsp3) is 0.435. The minimum Gasteiger partial charge on any atom is -0.351 e. The van der Waals surface area contributed by atoms with Crippen LogP contribution in [0.2, 0.25) is 0 Å². The molecule has 0 spiro atoms. The highest BCUT2D eigenvalue weighted by Gasteiger charge is 2.39. The molecule has 144 valence electrons. The molecular weight excluding hydrogens is 338 g/mol. The Bertz CT molecular complexity index is 754. The Morgan fingerprint density at radius 3 is 2.19 bits per heavy atom. The SMILES string of the molecule is CC1(C(=O)NCc2ccc(C(C)(C)C)cc2)COC(c2ccccc2)OC1. The van der Waals surface area contributed by atoms with Crippen LogP contribution in [0.25, 0.3) is 0 Å². The van der Waals surface area contributed by atoms with Crippen LogP contribution < -0.4 is 5.32 Å². The van der Waals surface area contributed by atoms with Crippen LogP contribution in [0.4, 0.5) is 0 Å². The molecule has 3 rings (SSSR count). The van der Waals surface area contributed by atoms with Crippen LogP contribution in [0.3, 0.4) is 0 Å². The first-order valence-corrected chi connectivity index (χ1v) is 9.44. The lowest BCUT2D eigenvalue weighted by molar-refractivity contribution is -0.228. The van der Waals surface area contributed by atoms with Crippen molar-refractivity contribution in [3.63, 3.8) is 0 Å². The lowest BCUT2D eigenvalue weighted by atomic mass is 9.86. The summed E-state index contributed by atoms with van der Waals surface area (Å²) in [5, 5.41) is 3.02. The van der Waals surface area contributed by atoms with Gasteiger partial charge in [-0.15, -0.1) is 0 Å². The summed E-state index contributed by atoms with van der Waals surface area (Å²) in [5.41, 5.74) is 2.78. The summed E-state index contributed by atoms with van der Waals surface area (Å²) >= 11 is 0. The van der Waals surface area contributed by atoms with Crippen molar-refractivity contribution >= 4 is 5.91 Å². The molecule has 1 saturated heterocycles. The average Bonchev–Trinajstić information content (AvgIpc) is 2.67. The number of nitrogens with one attached hydrogen (secondary N) is 1. The maximum Gasteiger partial charge on any atom is 0.230 e. The first kappa shape index (κ1) is 19.6. The van der Waals surface area contributed by atoms with Crippen LogP contribution in [0.1, 0.15) is 50.7 Å². The normalized spacial score (nSPS) is 23.0. The molecule has 1 N–H and O–H groups in total. The van der Waals surface area contributed by atoms with Gasteiger partial charge in [0.05, 0.1) is 18.6 Å². The molecule has 0 atom stereocenters. The van der Waals surface area contributed by atoms with Crippen molar-refractivity contribution in [3.05, 3.63) is 71.3 Å². The topological polar surface area (TPSA) is 47.6 Å². The molecule has 0 unspecified atom stereocenters. The molecule has 0 aliphatic carbocycles. The Hall–Kier alpha value is -2.17. The molecule has 27 heavy (non-hydrogen) atoms. The smallest absolute Gasteiger partial charge is 0.230 e. The second-order valence-electron chi connectivity index (χ2n) is 8.55. The van der Waals surface area contributed by atoms with Crippen LogP contribution in [0.15, 0.2) is 54.6 Å². The number of hydrogen-bond acceptors (Lipinski definition) is 3. The average molecular weight is 367 g/mol. The van der Waals surface area contributed by atoms with E-state index in [1.165, 1.54) is 5.56 Å². The van der Waals surface area contributed by atoms with E-state index in [4.69, 9.17) is 9.47 Å². The van der Waals surface area contributed by atoms with Crippen molar-refractivity contribution in [2.45, 2.75) is 45.9 Å². The molecule has 0 saturated carbocycles. The number of carbonyl (C=O) groups is 1. The molecule has 0 aromatic heterocycles. The van der Waals surface area contributed by atoms with E-state index < -0.39 is 11.7 Å². The Balaban J connectivity index is 1.54. The highest BCUT2D eigenvalue weighted by atomic mass is 16.7. The van der Waals surface area contributed by atoms with Crippen molar-refractivity contribution in [2.75, 3.05) is 13.2 Å². The first-order chi connectivity index (χ1) is 12.8. The molecule has 1 heterocycles. The van der Waals surface area contributed by atoms with Gasteiger partial charge >= 0.3 is 0 Å². The van der Waals surface area contributed by atoms with Crippen LogP contribution >= 0.6 is 0 Å². The summed E-state index contributed by atoms with van der Waals surface area (Å²) in [6.45, 7) is 9.62. The standard InChI is InChI=1S/C23H29NO3/c1-22(2,3)19-12-10-17(11-13-19)14-24-21(25)23(4)15-26-20(27-16-23)18-8-6-5-7-9-18/h5-13,20H,14-16H2,1-4H3,(H,24,25). The monoisotopic (exact) mass is 367 g/mol. The molecule has 1 aliphatic heterocycles. The van der Waals surface area contributed by atoms with Gasteiger partial charge in [-0.05, 0) is 23.5 Å². The number of hydrogen-bond donors (Lipinski definition) is 1. The van der Waals surface area contributed by atoms with E-state index in [-0.39, 0.29) is 11.3 Å². The lowest BCUT2D eigenvalue weighted by Crippen LogP contribution is -2.48. The Morgan fingerprint density at radius 2 is 1.63 bits per heavy atom. The Labute approximate surface area is 161 Å². The van der Waals surface area contributed by atoms with E-state index in [1.807, 2.05) is 37.3 Å². The van der Waals surface area contributed by atoms with Crippen molar-refractivity contribution < 1.29 is 14.3 Å². The molecule has 4 heteroatoms. The summed E-state index contributed by atoms with van der Waals surface area (Å²) in [7, 11) is 0. The van der Waals surface area contributed by atoms with Crippen LogP contribution in [-0.2, 0) is 26.2 Å². The van der Waals surface area contributed by atoms with Crippen molar-refractivity contribution in [1.29, 1.82) is 0 Å². The number of benzene rings is 2. The quantitative estimate of drug-likeness (QED) is 0.874. The molecule has 2 aromatic carbocycles. The summed E-state index contributed by atoms with van der Waals surface area (Å²) in [4.78, 5) is 12.7. The van der Waals surface area contributed by atoms with E-state index in [0.717, 1.165) is 11.1 Å². The fourth-order valence-corrected chi connectivity index (χ4v) is 3.06. The van der Waals surface area contributed by atoms with Gasteiger partial charge in [-0.1, -0.05) is 75.4 Å². The molecule has 4 nitrogen and oxygen atoms in total. The minimum absolute atomic E-state index is 0.0473. The molecule has 1 fully saturated rings. The van der Waals surface area contributed by atoms with Crippen molar-refractivity contribution in [1.82, 2.24) is 5.32 Å². The van der Waals surface area contributed by atoms with Gasteiger partial charge in [0, 0.05) is 12.1 Å². The van der Waals surface area contributed by atoms with Crippen LogP contribution in [0, 0.1) is 5.41 Å². The van der Waals surface area contributed by atoms with Gasteiger partial charge in [0.1, 0.15) is 0 Å². The third kappa shape index (κ3) is 4.76. The molecule has 0 radical (unpaired) electrons. The Kier molecular flexibility index (Phi) is 5.68. The molecule has 2 aromatic rings. The van der Waals surface area contributed by atoms with E-state index in [9.17, 15) is 4.79 Å². The highest BCUT2D eigenvalue weighted by Crippen LogP contribution is 2.31. The van der Waals surface area contributed by atoms with Gasteiger partial charge in [-0.2, -0.15) is 0 Å². The Morgan fingerprint density at radius 1 is 1.04 bits per heavy atom. The molecular formula is C23H29NO3. The van der Waals surface area contributed by atoms with E-state index in [2.05, 4.69) is 50.4 Å². The number of ether oxygens (including phenoxy) is 2. The minimum atomic E-state index is -0.684. The third-order valence-corrected chi connectivity index (χ3v) is 5.00. The maximum atomic E-state index is 12.7. The second-order valence-corrected chi connectivity index (χ2v) is 8.55. The fourth-order valence-electron chi connectivity index (χ4n) is 3.06. The van der Waals surface area contributed by atoms with E-state index in [1.54, 1.807) is 0 Å². The van der Waals surface area contributed by atoms with Gasteiger partial charge in [0.2, 0.25) is 5.91 Å². The largest absolute Gasteiger partial charge is 0.351 e. The lowest BCUT2D eigenvalue weighted by Gasteiger charge is -2.36. The summed E-state index contributed by atoms with van der Waals surface area (Å²) in [6, 6.07) is 18.2. The maximum absolute atomic E-state index is 12.7. The summed E-state index contributed by atoms with van der Waals surface area (Å²) in [6.07, 6.45) is -0.406. The summed E-state index contributed by atoms with van der Waals surface area (Å²) < 4.78 is 11.6. The predicted octanol–water partition coefficient (Wildman–Crippen LogP) is 4.35. The van der Waals surface area contributed by atoms with Gasteiger partial charge in [0.15, 0.2) is 6.29 Å². The third-order valence-electron chi connectivity index (χ3n) is 5.00. The first-order valence-electron chi connectivity index (χ1n) is 9.44. The predicted molar refractivity (Wildman–Crippen MR) is 106 cm³/mol. The number of rotatable bonds is 4. The molecule has 1 aliphatic rings. The summed E-state index contributed by atoms with van der Waals surface area (Å²) in [5.74, 6) is -0.0473. The van der Waals surface area contributed by atoms with E-state index in [0.29, 0.717) is 19.8 Å². The zero-order valence-electron chi connectivity index (χ0n) is 16.6. The number of amides is 1. The van der Waals surface area contributed by atoms with Crippen LogP contribution in [0.5, 0.6) is 0 Å².